The Morgan fingerprint density at radius 2 is 2.28 bits per heavy atom. The summed E-state index contributed by atoms with van der Waals surface area (Å²) in [6.45, 7) is 1.99. The fourth-order valence-corrected chi connectivity index (χ4v) is 2.74. The van der Waals surface area contributed by atoms with Gasteiger partial charge in [0.2, 0.25) is 0 Å². The quantitative estimate of drug-likeness (QED) is 0.788. The average molecular weight is 244 g/mol. The highest BCUT2D eigenvalue weighted by atomic mass is 16.4. The van der Waals surface area contributed by atoms with Gasteiger partial charge in [0.15, 0.2) is 0 Å². The maximum absolute atomic E-state index is 10.9. The molecule has 1 aromatic rings. The van der Waals surface area contributed by atoms with Crippen molar-refractivity contribution in [2.24, 2.45) is 5.92 Å². The Morgan fingerprint density at radius 1 is 1.44 bits per heavy atom. The summed E-state index contributed by atoms with van der Waals surface area (Å²) in [4.78, 5) is 18.5. The normalized spacial score (nSPS) is 25.3. The van der Waals surface area contributed by atoms with Gasteiger partial charge in [-0.2, -0.15) is 5.26 Å². The molecule has 0 spiro atoms. The maximum atomic E-state index is 10.9. The van der Waals surface area contributed by atoms with Crippen LogP contribution >= 0.6 is 0 Å². The van der Waals surface area contributed by atoms with Gasteiger partial charge in [0.05, 0.1) is 23.5 Å². The number of likely N-dealkylation sites (tertiary alicyclic amines) is 1. The summed E-state index contributed by atoms with van der Waals surface area (Å²) in [7, 11) is 0. The van der Waals surface area contributed by atoms with E-state index in [1.54, 1.807) is 12.3 Å². The Balaban J connectivity index is 1.77. The lowest BCUT2D eigenvalue weighted by molar-refractivity contribution is 0.155. The highest BCUT2D eigenvalue weighted by Crippen LogP contribution is 2.36. The summed E-state index contributed by atoms with van der Waals surface area (Å²) in [6, 6.07) is 4.09. The van der Waals surface area contributed by atoms with Gasteiger partial charge < -0.3 is 14.9 Å². The minimum absolute atomic E-state index is 0.233. The number of pyridine rings is 1. The molecule has 2 atom stereocenters. The van der Waals surface area contributed by atoms with Crippen LogP contribution in [0.3, 0.4) is 0 Å². The molecule has 18 heavy (non-hydrogen) atoms. The van der Waals surface area contributed by atoms with E-state index in [0.717, 1.165) is 12.2 Å². The zero-order chi connectivity index (χ0) is 12.7. The molecular weight excluding hydrogens is 232 g/mol. The first kappa shape index (κ1) is 10.8. The van der Waals surface area contributed by atoms with E-state index in [9.17, 15) is 4.79 Å². The summed E-state index contributed by atoms with van der Waals surface area (Å²) >= 11 is 0. The van der Waals surface area contributed by atoms with Crippen molar-refractivity contribution >= 4 is 11.8 Å². The third kappa shape index (κ3) is 1.56. The van der Waals surface area contributed by atoms with Crippen LogP contribution in [0.15, 0.2) is 18.5 Å². The smallest absolute Gasteiger partial charge is 0.407 e. The van der Waals surface area contributed by atoms with Crippen LogP contribution in [0.1, 0.15) is 5.56 Å². The second-order valence-corrected chi connectivity index (χ2v) is 4.71. The van der Waals surface area contributed by atoms with Gasteiger partial charge in [-0.25, -0.2) is 4.79 Å². The number of carbonyl (C=O) groups is 1. The van der Waals surface area contributed by atoms with Gasteiger partial charge in [-0.05, 0) is 6.07 Å². The zero-order valence-electron chi connectivity index (χ0n) is 9.65. The van der Waals surface area contributed by atoms with E-state index in [1.807, 2.05) is 0 Å². The van der Waals surface area contributed by atoms with Gasteiger partial charge in [0, 0.05) is 31.7 Å². The molecule has 1 N–H and O–H groups in total. The molecule has 0 aliphatic carbocycles. The number of hydrogen-bond acceptors (Lipinski definition) is 4. The van der Waals surface area contributed by atoms with Crippen molar-refractivity contribution in [3.63, 3.8) is 0 Å². The van der Waals surface area contributed by atoms with Crippen LogP contribution in [-0.2, 0) is 0 Å². The number of carboxylic acid groups (broad SMARTS) is 1. The Kier molecular flexibility index (Phi) is 2.33. The minimum atomic E-state index is -0.853. The van der Waals surface area contributed by atoms with Crippen LogP contribution in [-0.4, -0.2) is 46.8 Å². The highest BCUT2D eigenvalue weighted by Gasteiger charge is 2.47. The van der Waals surface area contributed by atoms with Crippen LogP contribution in [0.25, 0.3) is 0 Å². The van der Waals surface area contributed by atoms with E-state index in [2.05, 4.69) is 16.0 Å². The first-order valence-electron chi connectivity index (χ1n) is 5.78. The largest absolute Gasteiger partial charge is 0.465 e. The predicted octanol–water partition coefficient (Wildman–Crippen LogP) is 0.752. The van der Waals surface area contributed by atoms with Gasteiger partial charge in [0.1, 0.15) is 6.07 Å². The van der Waals surface area contributed by atoms with Crippen molar-refractivity contribution in [1.29, 1.82) is 5.26 Å². The third-order valence-corrected chi connectivity index (χ3v) is 3.69. The maximum Gasteiger partial charge on any atom is 0.407 e. The van der Waals surface area contributed by atoms with Crippen LogP contribution in [0.2, 0.25) is 0 Å². The molecule has 0 bridgehead atoms. The minimum Gasteiger partial charge on any atom is -0.465 e. The summed E-state index contributed by atoms with van der Waals surface area (Å²) < 4.78 is 0. The lowest BCUT2D eigenvalue weighted by Crippen LogP contribution is -2.55. The van der Waals surface area contributed by atoms with E-state index >= 15 is 0 Å². The molecule has 1 amide bonds. The number of rotatable bonds is 1. The van der Waals surface area contributed by atoms with Gasteiger partial charge >= 0.3 is 6.09 Å². The van der Waals surface area contributed by atoms with E-state index in [1.165, 1.54) is 11.1 Å². The van der Waals surface area contributed by atoms with Crippen LogP contribution < -0.4 is 4.90 Å². The monoisotopic (exact) mass is 244 g/mol. The molecular formula is C12H12N4O2. The van der Waals surface area contributed by atoms with Crippen molar-refractivity contribution in [2.75, 3.05) is 24.5 Å². The molecule has 2 aliphatic rings. The first-order chi connectivity index (χ1) is 8.69. The van der Waals surface area contributed by atoms with Crippen LogP contribution in [0.4, 0.5) is 10.5 Å². The summed E-state index contributed by atoms with van der Waals surface area (Å²) in [5, 5.41) is 17.8. The summed E-state index contributed by atoms with van der Waals surface area (Å²) in [5.74, 6) is 0.409. The Hall–Kier alpha value is -2.29. The molecule has 2 fully saturated rings. The van der Waals surface area contributed by atoms with E-state index in [4.69, 9.17) is 10.4 Å². The predicted molar refractivity (Wildman–Crippen MR) is 63.2 cm³/mol. The Morgan fingerprint density at radius 3 is 3.00 bits per heavy atom. The highest BCUT2D eigenvalue weighted by molar-refractivity contribution is 5.66. The van der Waals surface area contributed by atoms with Crippen molar-refractivity contribution in [1.82, 2.24) is 9.88 Å². The average Bonchev–Trinajstić information content (AvgIpc) is 2.68. The molecule has 0 aromatic carbocycles. The van der Waals surface area contributed by atoms with E-state index < -0.39 is 6.09 Å². The summed E-state index contributed by atoms with van der Waals surface area (Å²) in [6.07, 6.45) is 2.40. The molecule has 0 radical (unpaired) electrons. The Labute approximate surface area is 104 Å². The fraction of sp³-hybridized carbons (Fsp3) is 0.417. The molecule has 6 nitrogen and oxygen atoms in total. The van der Waals surface area contributed by atoms with Gasteiger partial charge in [-0.1, -0.05) is 0 Å². The molecule has 3 heterocycles. The molecule has 2 aliphatic heterocycles. The summed E-state index contributed by atoms with van der Waals surface area (Å²) in [5.41, 5.74) is 1.44. The lowest BCUT2D eigenvalue weighted by atomic mass is 9.91. The fourth-order valence-electron chi connectivity index (χ4n) is 2.74. The zero-order valence-corrected chi connectivity index (χ0v) is 9.65. The van der Waals surface area contributed by atoms with Crippen molar-refractivity contribution in [3.8, 4) is 6.07 Å². The van der Waals surface area contributed by atoms with Crippen molar-refractivity contribution in [2.45, 2.75) is 6.04 Å². The number of hydrogen-bond donors (Lipinski definition) is 1. The standard InChI is InChI=1S/C12H12N4O2/c13-2-8-1-10(4-14-3-8)16-6-9-5-15(12(17)18)7-11(9)16/h1,3-4,9,11H,5-7H2,(H,17,18)/t9-,11-/m0/s1. The number of aromatic nitrogens is 1. The molecule has 0 saturated carbocycles. The third-order valence-electron chi connectivity index (χ3n) is 3.69. The topological polar surface area (TPSA) is 80.5 Å². The molecule has 3 rings (SSSR count). The van der Waals surface area contributed by atoms with Crippen LogP contribution in [0, 0.1) is 17.2 Å². The number of nitrogens with zero attached hydrogens (tertiary/aromatic N) is 4. The Bertz CT molecular complexity index is 539. The lowest BCUT2D eigenvalue weighted by Gasteiger charge is -2.45. The second-order valence-electron chi connectivity index (χ2n) is 4.71. The number of amides is 1. The molecule has 1 aromatic heterocycles. The second kappa shape index (κ2) is 3.88. The molecule has 0 unspecified atom stereocenters. The molecule has 6 heteroatoms. The number of anilines is 1. The van der Waals surface area contributed by atoms with Gasteiger partial charge in [-0.3, -0.25) is 4.98 Å². The molecule has 92 valence electrons. The van der Waals surface area contributed by atoms with Crippen molar-refractivity contribution < 1.29 is 9.90 Å². The van der Waals surface area contributed by atoms with Gasteiger partial charge in [0.25, 0.3) is 0 Å². The number of fused-ring (bicyclic) bond motifs is 1. The van der Waals surface area contributed by atoms with Crippen LogP contribution in [0.5, 0.6) is 0 Å². The van der Waals surface area contributed by atoms with E-state index in [0.29, 0.717) is 24.6 Å². The van der Waals surface area contributed by atoms with Gasteiger partial charge in [-0.15, -0.1) is 0 Å². The van der Waals surface area contributed by atoms with E-state index in [-0.39, 0.29) is 6.04 Å². The molecule has 2 saturated heterocycles. The first-order valence-corrected chi connectivity index (χ1v) is 5.78. The van der Waals surface area contributed by atoms with Crippen molar-refractivity contribution in [3.05, 3.63) is 24.0 Å². The number of nitriles is 1. The SMILES string of the molecule is N#Cc1cncc(N2C[C@@H]3CN(C(=O)O)C[C@@H]32)c1.